The van der Waals surface area contributed by atoms with Crippen molar-refractivity contribution in [3.05, 3.63) is 29.0 Å². The molecule has 0 aliphatic heterocycles. The molecular weight excluding hydrogens is 296 g/mol. The Balaban J connectivity index is 1.50. The van der Waals surface area contributed by atoms with E-state index in [9.17, 15) is 4.79 Å². The first-order valence-electron chi connectivity index (χ1n) is 8.46. The zero-order valence-corrected chi connectivity index (χ0v) is 13.8. The first-order chi connectivity index (χ1) is 10.5. The Bertz CT molecular complexity index is 565. The van der Waals surface area contributed by atoms with Crippen molar-refractivity contribution >= 4 is 17.5 Å². The third-order valence-corrected chi connectivity index (χ3v) is 6.55. The van der Waals surface area contributed by atoms with Gasteiger partial charge in [-0.3, -0.25) is 4.79 Å². The normalized spacial score (nSPS) is 37.1. The average Bonchev–Trinajstić information content (AvgIpc) is 2.45. The summed E-state index contributed by atoms with van der Waals surface area (Å²) in [7, 11) is 0. The minimum atomic E-state index is -0.0208. The van der Waals surface area contributed by atoms with Crippen LogP contribution in [0.15, 0.2) is 18.3 Å². The lowest BCUT2D eigenvalue weighted by atomic mass is 9.48. The van der Waals surface area contributed by atoms with E-state index in [0.29, 0.717) is 16.1 Å². The summed E-state index contributed by atoms with van der Waals surface area (Å²) in [6.45, 7) is 2.20. The number of aromatic nitrogens is 1. The van der Waals surface area contributed by atoms with Crippen molar-refractivity contribution in [2.75, 3.05) is 0 Å². The minimum Gasteiger partial charge on any atom is -0.349 e. The molecule has 0 aromatic carbocycles. The van der Waals surface area contributed by atoms with Crippen molar-refractivity contribution in [1.82, 2.24) is 10.3 Å². The summed E-state index contributed by atoms with van der Waals surface area (Å²) in [6, 6.07) is 3.61. The van der Waals surface area contributed by atoms with E-state index in [2.05, 4.69) is 17.2 Å². The molecule has 5 rings (SSSR count). The van der Waals surface area contributed by atoms with Crippen LogP contribution in [-0.2, 0) is 0 Å². The Morgan fingerprint density at radius 3 is 2.41 bits per heavy atom. The van der Waals surface area contributed by atoms with Gasteiger partial charge in [0.05, 0.1) is 0 Å². The van der Waals surface area contributed by atoms with Crippen molar-refractivity contribution < 1.29 is 4.79 Å². The lowest BCUT2D eigenvalue weighted by molar-refractivity contribution is -0.0688. The number of carbonyl (C=O) groups is 1. The van der Waals surface area contributed by atoms with Crippen LogP contribution in [0.1, 0.15) is 55.8 Å². The molecule has 0 saturated heterocycles. The number of nitrogens with one attached hydrogen (secondary N) is 1. The molecule has 1 N–H and O–H groups in total. The highest BCUT2D eigenvalue weighted by atomic mass is 35.5. The maximum absolute atomic E-state index is 12.5. The van der Waals surface area contributed by atoms with Gasteiger partial charge >= 0.3 is 0 Å². The minimum absolute atomic E-state index is 0.0208. The van der Waals surface area contributed by atoms with Crippen LogP contribution in [0, 0.1) is 23.2 Å². The molecule has 4 saturated carbocycles. The molecule has 1 unspecified atom stereocenters. The predicted octanol–water partition coefficient (Wildman–Crippen LogP) is 4.07. The van der Waals surface area contributed by atoms with E-state index in [1.807, 2.05) is 0 Å². The summed E-state index contributed by atoms with van der Waals surface area (Å²) >= 11 is 5.89. The van der Waals surface area contributed by atoms with Crippen molar-refractivity contribution in [3.63, 3.8) is 0 Å². The summed E-state index contributed by atoms with van der Waals surface area (Å²) in [5, 5.41) is 3.63. The SMILES string of the molecule is CC(NC(=O)c1ccnc(Cl)c1)C12CC3CC(CC(C3)C1)C2. The van der Waals surface area contributed by atoms with E-state index in [4.69, 9.17) is 11.6 Å². The molecule has 4 fully saturated rings. The molecule has 4 heteroatoms. The number of amides is 1. The first-order valence-corrected chi connectivity index (χ1v) is 8.84. The maximum Gasteiger partial charge on any atom is 0.251 e. The molecule has 0 spiro atoms. The van der Waals surface area contributed by atoms with Gasteiger partial charge in [-0.2, -0.15) is 0 Å². The topological polar surface area (TPSA) is 42.0 Å². The number of pyridine rings is 1. The van der Waals surface area contributed by atoms with Gasteiger partial charge in [-0.1, -0.05) is 11.6 Å². The van der Waals surface area contributed by atoms with Crippen LogP contribution in [0.25, 0.3) is 0 Å². The van der Waals surface area contributed by atoms with E-state index in [1.165, 1.54) is 38.5 Å². The predicted molar refractivity (Wildman–Crippen MR) is 86.8 cm³/mol. The molecule has 4 bridgehead atoms. The van der Waals surface area contributed by atoms with Gasteiger partial charge in [0.1, 0.15) is 5.15 Å². The molecule has 4 aliphatic carbocycles. The summed E-state index contributed by atoms with van der Waals surface area (Å²) in [5.41, 5.74) is 0.943. The van der Waals surface area contributed by atoms with Gasteiger partial charge in [-0.05, 0) is 80.8 Å². The number of hydrogen-bond donors (Lipinski definition) is 1. The van der Waals surface area contributed by atoms with Crippen LogP contribution >= 0.6 is 11.6 Å². The van der Waals surface area contributed by atoms with Crippen LogP contribution in [0.5, 0.6) is 0 Å². The van der Waals surface area contributed by atoms with Crippen molar-refractivity contribution in [2.24, 2.45) is 23.2 Å². The monoisotopic (exact) mass is 318 g/mol. The van der Waals surface area contributed by atoms with E-state index in [-0.39, 0.29) is 11.9 Å². The molecule has 1 atom stereocenters. The summed E-state index contributed by atoms with van der Waals surface area (Å²) in [4.78, 5) is 16.4. The second-order valence-electron chi connectivity index (χ2n) is 7.84. The fourth-order valence-electron chi connectivity index (χ4n) is 5.68. The fraction of sp³-hybridized carbons (Fsp3) is 0.667. The second-order valence-corrected chi connectivity index (χ2v) is 8.23. The fourth-order valence-corrected chi connectivity index (χ4v) is 5.86. The lowest BCUT2D eigenvalue weighted by Gasteiger charge is -2.59. The van der Waals surface area contributed by atoms with Crippen molar-refractivity contribution in [3.8, 4) is 0 Å². The van der Waals surface area contributed by atoms with Crippen LogP contribution in [-0.4, -0.2) is 16.9 Å². The molecule has 1 aromatic heterocycles. The third kappa shape index (κ3) is 2.44. The van der Waals surface area contributed by atoms with Gasteiger partial charge in [-0.15, -0.1) is 0 Å². The second kappa shape index (κ2) is 5.23. The number of nitrogens with zero attached hydrogens (tertiary/aromatic N) is 1. The lowest BCUT2D eigenvalue weighted by Crippen LogP contribution is -2.55. The molecule has 1 aromatic rings. The molecule has 22 heavy (non-hydrogen) atoms. The number of halogens is 1. The summed E-state index contributed by atoms with van der Waals surface area (Å²) < 4.78 is 0. The Morgan fingerprint density at radius 2 is 1.86 bits per heavy atom. The zero-order valence-electron chi connectivity index (χ0n) is 13.0. The highest BCUT2D eigenvalue weighted by molar-refractivity contribution is 6.29. The van der Waals surface area contributed by atoms with Gasteiger partial charge in [0, 0.05) is 17.8 Å². The number of carbonyl (C=O) groups excluding carboxylic acids is 1. The molecule has 118 valence electrons. The quantitative estimate of drug-likeness (QED) is 0.854. The molecule has 1 amide bonds. The molecule has 1 heterocycles. The van der Waals surface area contributed by atoms with Crippen molar-refractivity contribution in [1.29, 1.82) is 0 Å². The number of hydrogen-bond acceptors (Lipinski definition) is 2. The first kappa shape index (κ1) is 14.5. The maximum atomic E-state index is 12.5. The van der Waals surface area contributed by atoms with Crippen LogP contribution < -0.4 is 5.32 Å². The summed E-state index contributed by atoms with van der Waals surface area (Å²) in [6.07, 6.45) is 9.79. The van der Waals surface area contributed by atoms with Gasteiger partial charge < -0.3 is 5.32 Å². The highest BCUT2D eigenvalue weighted by Gasteiger charge is 2.53. The van der Waals surface area contributed by atoms with Gasteiger partial charge in [-0.25, -0.2) is 4.98 Å². The van der Waals surface area contributed by atoms with E-state index in [1.54, 1.807) is 18.3 Å². The Labute approximate surface area is 136 Å². The Morgan fingerprint density at radius 1 is 1.27 bits per heavy atom. The van der Waals surface area contributed by atoms with E-state index < -0.39 is 0 Å². The summed E-state index contributed by atoms with van der Waals surface area (Å²) in [5.74, 6) is 2.69. The molecule has 3 nitrogen and oxygen atoms in total. The van der Waals surface area contributed by atoms with Crippen LogP contribution in [0.3, 0.4) is 0 Å². The molecule has 4 aliphatic rings. The van der Waals surface area contributed by atoms with E-state index >= 15 is 0 Å². The smallest absolute Gasteiger partial charge is 0.251 e. The van der Waals surface area contributed by atoms with Gasteiger partial charge in [0.15, 0.2) is 0 Å². The van der Waals surface area contributed by atoms with E-state index in [0.717, 1.165) is 17.8 Å². The average molecular weight is 319 g/mol. The molecule has 0 radical (unpaired) electrons. The highest BCUT2D eigenvalue weighted by Crippen LogP contribution is 2.61. The van der Waals surface area contributed by atoms with Crippen LogP contribution in [0.4, 0.5) is 0 Å². The van der Waals surface area contributed by atoms with Gasteiger partial charge in [0.2, 0.25) is 0 Å². The Hall–Kier alpha value is -1.09. The van der Waals surface area contributed by atoms with Crippen LogP contribution in [0.2, 0.25) is 5.15 Å². The molecular formula is C18H23ClN2O. The third-order valence-electron chi connectivity index (χ3n) is 6.34. The standard InChI is InChI=1S/C18H23ClN2O/c1-11(21-17(22)15-2-3-20-16(19)7-15)18-8-12-4-13(9-18)6-14(5-12)10-18/h2-3,7,11-14H,4-6,8-10H2,1H3,(H,21,22). The Kier molecular flexibility index (Phi) is 3.44. The van der Waals surface area contributed by atoms with Crippen molar-refractivity contribution in [2.45, 2.75) is 51.5 Å². The number of rotatable bonds is 3. The van der Waals surface area contributed by atoms with Gasteiger partial charge in [0.25, 0.3) is 5.91 Å². The largest absolute Gasteiger partial charge is 0.349 e. The zero-order chi connectivity index (χ0) is 15.3.